The van der Waals surface area contributed by atoms with Gasteiger partial charge >= 0.3 is 0 Å². The van der Waals surface area contributed by atoms with Crippen molar-refractivity contribution in [3.05, 3.63) is 81.4 Å². The summed E-state index contributed by atoms with van der Waals surface area (Å²) in [5.41, 5.74) is 8.46. The van der Waals surface area contributed by atoms with Crippen LogP contribution in [0.5, 0.6) is 23.0 Å². The van der Waals surface area contributed by atoms with Crippen molar-refractivity contribution in [1.29, 1.82) is 0 Å². The standard InChI is InChI=1S/C28H28ClNO4/c1-31-24-10-9-20-22(13-17-5-7-19(29)8-6-17)27-21-15-26(33-3)25(32-2)14-18(21)11-12-30(27)16-23(20)28(24)34-4/h5-10,14-15H,11-13,16H2,1-4H3. The van der Waals surface area contributed by atoms with Crippen LogP contribution < -0.4 is 18.9 Å². The summed E-state index contributed by atoms with van der Waals surface area (Å²) in [6, 6.07) is 16.4. The molecular weight excluding hydrogens is 450 g/mol. The lowest BCUT2D eigenvalue weighted by atomic mass is 9.83. The molecule has 5 rings (SSSR count). The monoisotopic (exact) mass is 477 g/mol. The first kappa shape index (κ1) is 22.5. The minimum Gasteiger partial charge on any atom is -0.493 e. The largest absolute Gasteiger partial charge is 0.493 e. The van der Waals surface area contributed by atoms with Gasteiger partial charge in [-0.2, -0.15) is 0 Å². The van der Waals surface area contributed by atoms with Gasteiger partial charge in [-0.25, -0.2) is 0 Å². The number of rotatable bonds is 6. The highest BCUT2D eigenvalue weighted by Crippen LogP contribution is 2.48. The molecule has 3 aromatic carbocycles. The minimum absolute atomic E-state index is 0.735. The highest BCUT2D eigenvalue weighted by atomic mass is 35.5. The second kappa shape index (κ2) is 9.15. The summed E-state index contributed by atoms with van der Waals surface area (Å²) in [5, 5.41) is 0.735. The van der Waals surface area contributed by atoms with Crippen LogP contribution >= 0.6 is 11.6 Å². The van der Waals surface area contributed by atoms with E-state index in [-0.39, 0.29) is 0 Å². The van der Waals surface area contributed by atoms with Gasteiger partial charge in [0.1, 0.15) is 0 Å². The predicted octanol–water partition coefficient (Wildman–Crippen LogP) is 5.86. The summed E-state index contributed by atoms with van der Waals surface area (Å²) in [6.07, 6.45) is 1.69. The van der Waals surface area contributed by atoms with Gasteiger partial charge in [-0.3, -0.25) is 0 Å². The number of allylic oxidation sites excluding steroid dienone is 1. The summed E-state index contributed by atoms with van der Waals surface area (Å²) in [7, 11) is 6.75. The molecule has 0 aromatic heterocycles. The fourth-order valence-corrected chi connectivity index (χ4v) is 5.26. The van der Waals surface area contributed by atoms with Gasteiger partial charge in [0, 0.05) is 41.4 Å². The van der Waals surface area contributed by atoms with Crippen molar-refractivity contribution in [1.82, 2.24) is 4.90 Å². The molecule has 6 heteroatoms. The van der Waals surface area contributed by atoms with Crippen LogP contribution in [-0.4, -0.2) is 39.9 Å². The number of methoxy groups -OCH3 is 4. The van der Waals surface area contributed by atoms with Gasteiger partial charge in [-0.1, -0.05) is 29.8 Å². The normalized spacial score (nSPS) is 14.2. The van der Waals surface area contributed by atoms with Crippen LogP contribution in [0.1, 0.15) is 27.8 Å². The van der Waals surface area contributed by atoms with Crippen molar-refractivity contribution < 1.29 is 18.9 Å². The molecule has 34 heavy (non-hydrogen) atoms. The lowest BCUT2D eigenvalue weighted by molar-refractivity contribution is 0.332. The summed E-state index contributed by atoms with van der Waals surface area (Å²) in [5.74, 6) is 3.04. The maximum Gasteiger partial charge on any atom is 0.166 e. The molecule has 5 nitrogen and oxygen atoms in total. The molecule has 2 aliphatic rings. The molecule has 2 heterocycles. The van der Waals surface area contributed by atoms with Crippen LogP contribution in [0.3, 0.4) is 0 Å². The maximum atomic E-state index is 6.17. The Bertz CT molecular complexity index is 1270. The Morgan fingerprint density at radius 1 is 0.794 bits per heavy atom. The van der Waals surface area contributed by atoms with Crippen LogP contribution in [0.25, 0.3) is 11.3 Å². The zero-order valence-electron chi connectivity index (χ0n) is 19.9. The first-order chi connectivity index (χ1) is 16.6. The molecule has 0 N–H and O–H groups in total. The van der Waals surface area contributed by atoms with E-state index in [1.54, 1.807) is 28.4 Å². The Morgan fingerprint density at radius 3 is 2.18 bits per heavy atom. The van der Waals surface area contributed by atoms with Crippen LogP contribution in [0.4, 0.5) is 0 Å². The number of halogens is 1. The molecular formula is C28H28ClNO4. The zero-order valence-corrected chi connectivity index (χ0v) is 20.7. The third-order valence-electron chi connectivity index (χ3n) is 6.73. The van der Waals surface area contributed by atoms with Crippen LogP contribution in [0, 0.1) is 0 Å². The molecule has 0 unspecified atom stereocenters. The second-order valence-electron chi connectivity index (χ2n) is 8.49. The van der Waals surface area contributed by atoms with E-state index in [0.29, 0.717) is 0 Å². The Hall–Kier alpha value is -3.31. The average Bonchev–Trinajstić information content (AvgIpc) is 2.87. The van der Waals surface area contributed by atoms with Crippen molar-refractivity contribution in [3.8, 4) is 23.0 Å². The van der Waals surface area contributed by atoms with Crippen molar-refractivity contribution in [3.63, 3.8) is 0 Å². The first-order valence-electron chi connectivity index (χ1n) is 11.3. The van der Waals surface area contributed by atoms with Crippen LogP contribution in [0.2, 0.25) is 5.02 Å². The Kier molecular flexibility index (Phi) is 6.05. The molecule has 0 bridgehead atoms. The van der Waals surface area contributed by atoms with Crippen molar-refractivity contribution in [2.75, 3.05) is 35.0 Å². The zero-order chi connectivity index (χ0) is 23.8. The molecule has 0 radical (unpaired) electrons. The third kappa shape index (κ3) is 3.74. The number of hydrogen-bond donors (Lipinski definition) is 0. The van der Waals surface area contributed by atoms with Crippen molar-refractivity contribution in [2.24, 2.45) is 0 Å². The van der Waals surface area contributed by atoms with Crippen LogP contribution in [-0.2, 0) is 19.4 Å². The third-order valence-corrected chi connectivity index (χ3v) is 6.99. The predicted molar refractivity (Wildman–Crippen MR) is 135 cm³/mol. The topological polar surface area (TPSA) is 40.2 Å². The van der Waals surface area contributed by atoms with E-state index in [2.05, 4.69) is 35.2 Å². The van der Waals surface area contributed by atoms with Crippen molar-refractivity contribution in [2.45, 2.75) is 19.4 Å². The Labute approximate surface area is 205 Å². The average molecular weight is 478 g/mol. The van der Waals surface area contributed by atoms with Gasteiger partial charge in [0.05, 0.1) is 28.4 Å². The fraction of sp³-hybridized carbons (Fsp3) is 0.286. The molecule has 0 spiro atoms. The van der Waals surface area contributed by atoms with E-state index in [9.17, 15) is 0 Å². The summed E-state index contributed by atoms with van der Waals surface area (Å²) in [6.45, 7) is 1.66. The fourth-order valence-electron chi connectivity index (χ4n) is 5.13. The SMILES string of the molecule is COc1cc2c(cc1OC)C1=C(Cc3ccc(Cl)cc3)c3ccc(OC)c(OC)c3CN1CC2. The number of benzene rings is 3. The molecule has 176 valence electrons. The van der Waals surface area contributed by atoms with E-state index < -0.39 is 0 Å². The Balaban J connectivity index is 1.77. The van der Waals surface area contributed by atoms with Crippen molar-refractivity contribution >= 4 is 22.9 Å². The molecule has 2 aliphatic heterocycles. The van der Waals surface area contributed by atoms with Gasteiger partial charge < -0.3 is 23.8 Å². The molecule has 0 amide bonds. The highest BCUT2D eigenvalue weighted by molar-refractivity contribution is 6.30. The first-order valence-corrected chi connectivity index (χ1v) is 11.7. The van der Waals surface area contributed by atoms with Gasteiger partial charge in [0.25, 0.3) is 0 Å². The van der Waals surface area contributed by atoms with Gasteiger partial charge in [-0.05, 0) is 59.0 Å². The molecule has 0 fully saturated rings. The minimum atomic E-state index is 0.735. The molecule has 3 aromatic rings. The van der Waals surface area contributed by atoms with Gasteiger partial charge in [-0.15, -0.1) is 0 Å². The van der Waals surface area contributed by atoms with Crippen LogP contribution in [0.15, 0.2) is 48.5 Å². The maximum absolute atomic E-state index is 6.17. The van der Waals surface area contributed by atoms with E-state index in [0.717, 1.165) is 59.5 Å². The van der Waals surface area contributed by atoms with E-state index in [1.807, 2.05) is 18.2 Å². The summed E-state index contributed by atoms with van der Waals surface area (Å²) in [4.78, 5) is 2.45. The number of fused-ring (bicyclic) bond motifs is 4. The number of hydrogen-bond acceptors (Lipinski definition) is 5. The number of ether oxygens (including phenoxy) is 4. The highest BCUT2D eigenvalue weighted by Gasteiger charge is 2.33. The Morgan fingerprint density at radius 2 is 1.50 bits per heavy atom. The molecule has 0 aliphatic carbocycles. The summed E-state index contributed by atoms with van der Waals surface area (Å²) >= 11 is 6.17. The van der Waals surface area contributed by atoms with Gasteiger partial charge in [0.15, 0.2) is 23.0 Å². The molecule has 0 atom stereocenters. The lowest BCUT2D eigenvalue weighted by Gasteiger charge is -2.40. The smallest absolute Gasteiger partial charge is 0.166 e. The quantitative estimate of drug-likeness (QED) is 0.445. The lowest BCUT2D eigenvalue weighted by Crippen LogP contribution is -2.33. The van der Waals surface area contributed by atoms with E-state index >= 15 is 0 Å². The van der Waals surface area contributed by atoms with E-state index in [4.69, 9.17) is 30.5 Å². The van der Waals surface area contributed by atoms with E-state index in [1.165, 1.54) is 33.5 Å². The summed E-state index contributed by atoms with van der Waals surface area (Å²) < 4.78 is 22.7. The molecule has 0 saturated heterocycles. The molecule has 0 saturated carbocycles. The second-order valence-corrected chi connectivity index (χ2v) is 8.93. The number of nitrogens with zero attached hydrogens (tertiary/aromatic N) is 1. The van der Waals surface area contributed by atoms with Gasteiger partial charge in [0.2, 0.25) is 0 Å².